The molecular weight excluding hydrogens is 298 g/mol. The molecule has 120 valence electrons. The Labute approximate surface area is 137 Å². The van der Waals surface area contributed by atoms with Crippen LogP contribution in [0.3, 0.4) is 0 Å². The van der Waals surface area contributed by atoms with Crippen LogP contribution in [0, 0.1) is 6.92 Å². The molecule has 0 saturated carbocycles. The highest BCUT2D eigenvalue weighted by molar-refractivity contribution is 6.56. The van der Waals surface area contributed by atoms with E-state index < -0.39 is 18.3 Å². The van der Waals surface area contributed by atoms with Crippen LogP contribution in [0.1, 0.15) is 38.8 Å². The Hall–Kier alpha value is -1.01. The van der Waals surface area contributed by atoms with E-state index in [0.717, 1.165) is 16.6 Å². The van der Waals surface area contributed by atoms with Crippen molar-refractivity contribution >= 4 is 30.5 Å². The third kappa shape index (κ3) is 3.18. The van der Waals surface area contributed by atoms with Gasteiger partial charge in [0.1, 0.15) is 0 Å². The highest BCUT2D eigenvalue weighted by Crippen LogP contribution is 2.39. The molecule has 1 saturated heterocycles. The van der Waals surface area contributed by atoms with E-state index in [-0.39, 0.29) is 0 Å². The highest BCUT2D eigenvalue weighted by atomic mass is 35.5. The Morgan fingerprint density at radius 1 is 1.23 bits per heavy atom. The zero-order valence-corrected chi connectivity index (χ0v) is 14.6. The number of nitrogen functional groups attached to an aromatic ring is 1. The van der Waals surface area contributed by atoms with Gasteiger partial charge in [0.15, 0.2) is 0 Å². The highest BCUT2D eigenvalue weighted by Gasteiger charge is 2.52. The molecule has 0 unspecified atom stereocenters. The molecule has 0 aliphatic carbocycles. The van der Waals surface area contributed by atoms with E-state index in [1.807, 2.05) is 46.8 Å². The maximum Gasteiger partial charge on any atom is 0.491 e. The van der Waals surface area contributed by atoms with Crippen LogP contribution in [-0.2, 0) is 9.31 Å². The number of hydrogen-bond donors (Lipinski definition) is 2. The molecule has 0 amide bonds. The first-order chi connectivity index (χ1) is 10.1. The van der Waals surface area contributed by atoms with Gasteiger partial charge in [-0.2, -0.15) is 0 Å². The molecular formula is C16H24BClN2O2. The summed E-state index contributed by atoms with van der Waals surface area (Å²) in [5.74, 6) is 0. The lowest BCUT2D eigenvalue weighted by molar-refractivity contribution is 0.00578. The van der Waals surface area contributed by atoms with Crippen LogP contribution in [0.5, 0.6) is 0 Å². The summed E-state index contributed by atoms with van der Waals surface area (Å²) in [7, 11) is -0.469. The van der Waals surface area contributed by atoms with Crippen LogP contribution in [0.2, 0.25) is 5.02 Å². The molecule has 0 radical (unpaired) electrons. The maximum absolute atomic E-state index is 6.27. The average Bonchev–Trinajstić information content (AvgIpc) is 2.61. The summed E-state index contributed by atoms with van der Waals surface area (Å²) < 4.78 is 12.1. The van der Waals surface area contributed by atoms with Gasteiger partial charge < -0.3 is 20.8 Å². The van der Waals surface area contributed by atoms with Crippen molar-refractivity contribution in [2.24, 2.45) is 5.73 Å². The lowest BCUT2D eigenvalue weighted by Gasteiger charge is -2.32. The Balaban J connectivity index is 2.36. The topological polar surface area (TPSA) is 70.5 Å². The Bertz CT molecular complexity index is 598. The smallest absolute Gasteiger partial charge is 0.400 e. The van der Waals surface area contributed by atoms with Crippen LogP contribution in [0.15, 0.2) is 17.6 Å². The van der Waals surface area contributed by atoms with Crippen LogP contribution >= 0.6 is 11.6 Å². The van der Waals surface area contributed by atoms with E-state index >= 15 is 0 Å². The van der Waals surface area contributed by atoms with Gasteiger partial charge in [0.2, 0.25) is 0 Å². The largest absolute Gasteiger partial charge is 0.491 e. The minimum atomic E-state index is -0.469. The first-order valence-corrected chi connectivity index (χ1v) is 7.77. The predicted octanol–water partition coefficient (Wildman–Crippen LogP) is 3.20. The molecule has 0 spiro atoms. The first kappa shape index (κ1) is 17.4. The molecule has 4 nitrogen and oxygen atoms in total. The van der Waals surface area contributed by atoms with Crippen molar-refractivity contribution < 1.29 is 9.31 Å². The molecule has 6 heteroatoms. The molecule has 1 fully saturated rings. The zero-order chi connectivity index (χ0) is 16.7. The molecule has 1 heterocycles. The molecule has 1 aliphatic heterocycles. The summed E-state index contributed by atoms with van der Waals surface area (Å²) in [5, 5.41) is 0.588. The van der Waals surface area contributed by atoms with Crippen LogP contribution in [0.4, 0.5) is 5.69 Å². The van der Waals surface area contributed by atoms with Crippen LogP contribution < -0.4 is 11.5 Å². The minimum absolute atomic E-state index is 0.330. The summed E-state index contributed by atoms with van der Waals surface area (Å²) in [6.07, 6.45) is 1.93. The second kappa shape index (κ2) is 5.89. The molecule has 1 aromatic rings. The molecule has 4 N–H and O–H groups in total. The van der Waals surface area contributed by atoms with Gasteiger partial charge in [-0.25, -0.2) is 0 Å². The van der Waals surface area contributed by atoms with E-state index in [1.54, 1.807) is 6.07 Å². The molecule has 1 aromatic carbocycles. The maximum atomic E-state index is 6.27. The molecule has 0 atom stereocenters. The molecule has 1 aliphatic rings. The third-order valence-electron chi connectivity index (χ3n) is 4.52. The summed E-state index contributed by atoms with van der Waals surface area (Å²) in [6, 6.07) is 3.69. The second-order valence-electron chi connectivity index (χ2n) is 6.74. The number of hydrogen-bond acceptors (Lipinski definition) is 4. The lowest BCUT2D eigenvalue weighted by Crippen LogP contribution is -2.41. The molecule has 0 aromatic heterocycles. The summed E-state index contributed by atoms with van der Waals surface area (Å²) in [4.78, 5) is 0. The molecule has 0 bridgehead atoms. The number of halogens is 1. The number of nitrogens with two attached hydrogens (primary N) is 2. The Morgan fingerprint density at radius 3 is 2.27 bits per heavy atom. The standard InChI is InChI=1S/C16H24BClN2O2/c1-10-6-11(13(18)8-14(10)20)7-12(9-19)17-21-15(2,3)16(4,5)22-17/h6-8H,9,19-20H2,1-5H3. The fraction of sp³-hybridized carbons (Fsp3) is 0.500. The van der Waals surface area contributed by atoms with Gasteiger partial charge in [-0.15, -0.1) is 0 Å². The predicted molar refractivity (Wildman–Crippen MR) is 93.7 cm³/mol. The van der Waals surface area contributed by atoms with Crippen molar-refractivity contribution in [3.8, 4) is 0 Å². The molecule has 2 rings (SSSR count). The van der Waals surface area contributed by atoms with Gasteiger partial charge in [-0.05, 0) is 63.4 Å². The fourth-order valence-corrected chi connectivity index (χ4v) is 2.47. The Kier molecular flexibility index (Phi) is 4.65. The molecule has 22 heavy (non-hydrogen) atoms. The van der Waals surface area contributed by atoms with E-state index in [9.17, 15) is 0 Å². The number of aryl methyl sites for hydroxylation is 1. The van der Waals surface area contributed by atoms with Crippen molar-refractivity contribution in [2.75, 3.05) is 12.3 Å². The van der Waals surface area contributed by atoms with Crippen molar-refractivity contribution in [1.82, 2.24) is 0 Å². The van der Waals surface area contributed by atoms with Crippen molar-refractivity contribution in [2.45, 2.75) is 45.8 Å². The quantitative estimate of drug-likeness (QED) is 0.662. The van der Waals surface area contributed by atoms with Gasteiger partial charge in [-0.1, -0.05) is 17.7 Å². The van der Waals surface area contributed by atoms with E-state index in [0.29, 0.717) is 17.3 Å². The van der Waals surface area contributed by atoms with Gasteiger partial charge in [0.25, 0.3) is 0 Å². The normalized spacial score (nSPS) is 20.5. The van der Waals surface area contributed by atoms with Gasteiger partial charge >= 0.3 is 7.12 Å². The van der Waals surface area contributed by atoms with E-state index in [1.165, 1.54) is 0 Å². The second-order valence-corrected chi connectivity index (χ2v) is 7.15. The zero-order valence-electron chi connectivity index (χ0n) is 13.9. The van der Waals surface area contributed by atoms with Crippen molar-refractivity contribution in [1.29, 1.82) is 0 Å². The lowest BCUT2D eigenvalue weighted by atomic mass is 9.77. The summed E-state index contributed by atoms with van der Waals surface area (Å²) >= 11 is 6.27. The van der Waals surface area contributed by atoms with E-state index in [2.05, 4.69) is 0 Å². The van der Waals surface area contributed by atoms with Crippen LogP contribution in [0.25, 0.3) is 6.08 Å². The van der Waals surface area contributed by atoms with Gasteiger partial charge in [0, 0.05) is 17.3 Å². The monoisotopic (exact) mass is 322 g/mol. The number of benzene rings is 1. The van der Waals surface area contributed by atoms with Gasteiger partial charge in [0.05, 0.1) is 11.2 Å². The van der Waals surface area contributed by atoms with E-state index in [4.69, 9.17) is 32.4 Å². The average molecular weight is 323 g/mol. The summed E-state index contributed by atoms with van der Waals surface area (Å²) in [5.41, 5.74) is 14.3. The first-order valence-electron chi connectivity index (χ1n) is 7.39. The minimum Gasteiger partial charge on any atom is -0.400 e. The third-order valence-corrected chi connectivity index (χ3v) is 4.85. The van der Waals surface area contributed by atoms with Crippen molar-refractivity contribution in [3.63, 3.8) is 0 Å². The number of anilines is 1. The summed E-state index contributed by atoms with van der Waals surface area (Å²) in [6.45, 7) is 10.3. The van der Waals surface area contributed by atoms with Crippen molar-refractivity contribution in [3.05, 3.63) is 33.8 Å². The van der Waals surface area contributed by atoms with Gasteiger partial charge in [-0.3, -0.25) is 0 Å². The SMILES string of the molecule is Cc1cc(C=C(CN)B2OC(C)(C)C(C)(C)O2)c(Cl)cc1N. The fourth-order valence-electron chi connectivity index (χ4n) is 2.25. The van der Waals surface area contributed by atoms with Crippen LogP contribution in [-0.4, -0.2) is 24.9 Å². The Morgan fingerprint density at radius 2 is 1.77 bits per heavy atom. The number of rotatable bonds is 3.